The van der Waals surface area contributed by atoms with Gasteiger partial charge in [0, 0.05) is 15.8 Å². The highest BCUT2D eigenvalue weighted by Gasteiger charge is 2.23. The maximum absolute atomic E-state index is 12.4. The van der Waals surface area contributed by atoms with Crippen LogP contribution in [-0.4, -0.2) is 23.0 Å². The minimum Gasteiger partial charge on any atom is -0.448 e. The van der Waals surface area contributed by atoms with Gasteiger partial charge in [-0.3, -0.25) is 10.1 Å². The van der Waals surface area contributed by atoms with Crippen molar-refractivity contribution in [1.29, 1.82) is 0 Å². The zero-order chi connectivity index (χ0) is 19.5. The van der Waals surface area contributed by atoms with Crippen LogP contribution in [0.15, 0.2) is 41.8 Å². The van der Waals surface area contributed by atoms with Gasteiger partial charge in [-0.1, -0.05) is 30.3 Å². The van der Waals surface area contributed by atoms with Crippen LogP contribution in [0.4, 0.5) is 5.13 Å². The summed E-state index contributed by atoms with van der Waals surface area (Å²) in [6, 6.07) is 11.7. The van der Waals surface area contributed by atoms with Crippen LogP contribution in [-0.2, 0) is 22.4 Å². The molecule has 1 aliphatic rings. The lowest BCUT2D eigenvalue weighted by atomic mass is 9.99. The van der Waals surface area contributed by atoms with E-state index in [1.54, 1.807) is 6.92 Å². The fourth-order valence-electron chi connectivity index (χ4n) is 3.14. The van der Waals surface area contributed by atoms with Gasteiger partial charge in [0.2, 0.25) is 0 Å². The standard InChI is InChI=1S/C21H20N2O3S2/c1-13(26-20(25)18-11-15-9-5-6-10-17(15)28-18)19(24)23-21-22-16(12-27-21)14-7-3-2-4-8-14/h2-4,7-8,11-13H,5-6,9-10H2,1H3,(H,22,23,24). The lowest BCUT2D eigenvalue weighted by molar-refractivity contribution is -0.123. The maximum Gasteiger partial charge on any atom is 0.349 e. The predicted octanol–water partition coefficient (Wildman–Crippen LogP) is 4.93. The fourth-order valence-corrected chi connectivity index (χ4v) is 5.00. The summed E-state index contributed by atoms with van der Waals surface area (Å²) in [6.07, 6.45) is 3.48. The van der Waals surface area contributed by atoms with Gasteiger partial charge >= 0.3 is 5.97 Å². The zero-order valence-electron chi connectivity index (χ0n) is 15.4. The molecule has 0 fully saturated rings. The van der Waals surface area contributed by atoms with Crippen LogP contribution in [0.5, 0.6) is 0 Å². The van der Waals surface area contributed by atoms with Crippen LogP contribution in [0.25, 0.3) is 11.3 Å². The van der Waals surface area contributed by atoms with E-state index in [2.05, 4.69) is 10.3 Å². The van der Waals surface area contributed by atoms with E-state index < -0.39 is 12.1 Å². The maximum atomic E-state index is 12.4. The number of nitrogens with zero attached hydrogens (tertiary/aromatic N) is 1. The van der Waals surface area contributed by atoms with Crippen molar-refractivity contribution in [2.45, 2.75) is 38.7 Å². The number of aryl methyl sites for hydroxylation is 2. The van der Waals surface area contributed by atoms with E-state index in [4.69, 9.17) is 4.74 Å². The van der Waals surface area contributed by atoms with E-state index in [-0.39, 0.29) is 5.91 Å². The molecule has 0 bridgehead atoms. The van der Waals surface area contributed by atoms with Gasteiger partial charge in [0.1, 0.15) is 4.88 Å². The van der Waals surface area contributed by atoms with Gasteiger partial charge in [0.15, 0.2) is 11.2 Å². The number of esters is 1. The second kappa shape index (κ2) is 8.24. The molecule has 2 heterocycles. The van der Waals surface area contributed by atoms with Crippen LogP contribution in [0.3, 0.4) is 0 Å². The Hall–Kier alpha value is -2.51. The molecule has 1 aliphatic carbocycles. The highest BCUT2D eigenvalue weighted by molar-refractivity contribution is 7.14. The molecule has 0 saturated carbocycles. The van der Waals surface area contributed by atoms with Crippen molar-refractivity contribution in [3.8, 4) is 11.3 Å². The van der Waals surface area contributed by atoms with Crippen LogP contribution >= 0.6 is 22.7 Å². The lowest BCUT2D eigenvalue weighted by Gasteiger charge is -2.11. The number of benzene rings is 1. The molecule has 2 aromatic heterocycles. The number of carbonyl (C=O) groups is 2. The summed E-state index contributed by atoms with van der Waals surface area (Å²) >= 11 is 2.83. The van der Waals surface area contributed by atoms with Gasteiger partial charge in [-0.25, -0.2) is 9.78 Å². The van der Waals surface area contributed by atoms with Crippen molar-refractivity contribution in [3.63, 3.8) is 0 Å². The Morgan fingerprint density at radius 2 is 1.96 bits per heavy atom. The topological polar surface area (TPSA) is 68.3 Å². The molecule has 1 atom stereocenters. The third-order valence-electron chi connectivity index (χ3n) is 4.65. The largest absolute Gasteiger partial charge is 0.448 e. The number of amides is 1. The van der Waals surface area contributed by atoms with E-state index in [1.807, 2.05) is 41.8 Å². The third-order valence-corrected chi connectivity index (χ3v) is 6.63. The molecule has 1 amide bonds. The smallest absolute Gasteiger partial charge is 0.349 e. The first-order valence-electron chi connectivity index (χ1n) is 9.24. The molecular formula is C21H20N2O3S2. The Morgan fingerprint density at radius 1 is 1.18 bits per heavy atom. The van der Waals surface area contributed by atoms with E-state index >= 15 is 0 Å². The van der Waals surface area contributed by atoms with Gasteiger partial charge in [-0.05, 0) is 44.2 Å². The number of thiazole rings is 1. The van der Waals surface area contributed by atoms with Crippen molar-refractivity contribution >= 4 is 39.7 Å². The summed E-state index contributed by atoms with van der Waals surface area (Å²) in [5, 5.41) is 5.10. The van der Waals surface area contributed by atoms with Gasteiger partial charge in [0.25, 0.3) is 5.91 Å². The number of hydrogen-bond donors (Lipinski definition) is 1. The molecule has 5 nitrogen and oxygen atoms in total. The number of hydrogen-bond acceptors (Lipinski definition) is 6. The summed E-state index contributed by atoms with van der Waals surface area (Å²) in [5.41, 5.74) is 3.03. The van der Waals surface area contributed by atoms with E-state index in [0.717, 1.165) is 30.5 Å². The summed E-state index contributed by atoms with van der Waals surface area (Å²) in [6.45, 7) is 1.58. The third kappa shape index (κ3) is 4.15. The monoisotopic (exact) mass is 412 g/mol. The van der Waals surface area contributed by atoms with Crippen LogP contribution < -0.4 is 5.32 Å². The highest BCUT2D eigenvalue weighted by atomic mass is 32.1. The molecule has 0 aliphatic heterocycles. The Kier molecular flexibility index (Phi) is 5.54. The first-order valence-corrected chi connectivity index (χ1v) is 10.9. The van der Waals surface area contributed by atoms with Gasteiger partial charge in [-0.2, -0.15) is 0 Å². The van der Waals surface area contributed by atoms with E-state index in [1.165, 1.54) is 39.5 Å². The molecule has 7 heteroatoms. The number of carbonyl (C=O) groups excluding carboxylic acids is 2. The Morgan fingerprint density at radius 3 is 2.75 bits per heavy atom. The quantitative estimate of drug-likeness (QED) is 0.603. The molecule has 4 rings (SSSR count). The SMILES string of the molecule is CC(OC(=O)c1cc2c(s1)CCCC2)C(=O)Nc1nc(-c2ccccc2)cs1. The van der Waals surface area contributed by atoms with Gasteiger partial charge in [0.05, 0.1) is 5.69 Å². The second-order valence-corrected chi connectivity index (χ2v) is 8.70. The predicted molar refractivity (Wildman–Crippen MR) is 112 cm³/mol. The number of rotatable bonds is 5. The number of aromatic nitrogens is 1. The number of fused-ring (bicyclic) bond motifs is 1. The average Bonchev–Trinajstić information content (AvgIpc) is 3.35. The molecule has 0 spiro atoms. The van der Waals surface area contributed by atoms with Crippen molar-refractivity contribution in [2.75, 3.05) is 5.32 Å². The van der Waals surface area contributed by atoms with Crippen LogP contribution in [0, 0.1) is 0 Å². The number of anilines is 1. The lowest BCUT2D eigenvalue weighted by Crippen LogP contribution is -2.29. The Labute approximate surface area is 171 Å². The number of thiophene rings is 1. The molecule has 0 saturated heterocycles. The molecule has 1 N–H and O–H groups in total. The van der Waals surface area contributed by atoms with Crippen molar-refractivity contribution in [2.24, 2.45) is 0 Å². The van der Waals surface area contributed by atoms with Gasteiger partial charge in [-0.15, -0.1) is 22.7 Å². The summed E-state index contributed by atoms with van der Waals surface area (Å²) in [5.74, 6) is -0.824. The summed E-state index contributed by atoms with van der Waals surface area (Å²) < 4.78 is 5.38. The Bertz CT molecular complexity index is 971. The van der Waals surface area contributed by atoms with Crippen molar-refractivity contribution < 1.29 is 14.3 Å². The zero-order valence-corrected chi connectivity index (χ0v) is 17.1. The van der Waals surface area contributed by atoms with E-state index in [0.29, 0.717) is 10.0 Å². The first-order chi connectivity index (χ1) is 13.6. The van der Waals surface area contributed by atoms with Crippen LogP contribution in [0.2, 0.25) is 0 Å². The summed E-state index contributed by atoms with van der Waals surface area (Å²) in [4.78, 5) is 31.1. The molecule has 144 valence electrons. The van der Waals surface area contributed by atoms with Crippen LogP contribution in [0.1, 0.15) is 39.9 Å². The fraction of sp³-hybridized carbons (Fsp3) is 0.286. The second-order valence-electron chi connectivity index (χ2n) is 6.71. The molecular weight excluding hydrogens is 392 g/mol. The number of nitrogens with one attached hydrogen (secondary N) is 1. The minimum atomic E-state index is -0.893. The Balaban J connectivity index is 1.36. The molecule has 0 radical (unpaired) electrons. The molecule has 1 aromatic carbocycles. The van der Waals surface area contributed by atoms with Crippen molar-refractivity contribution in [1.82, 2.24) is 4.98 Å². The molecule has 3 aromatic rings. The van der Waals surface area contributed by atoms with Gasteiger partial charge < -0.3 is 4.74 Å². The minimum absolute atomic E-state index is 0.386. The highest BCUT2D eigenvalue weighted by Crippen LogP contribution is 2.30. The molecule has 28 heavy (non-hydrogen) atoms. The van der Waals surface area contributed by atoms with Crippen molar-refractivity contribution in [3.05, 3.63) is 57.1 Å². The normalized spacial score (nSPS) is 14.2. The average molecular weight is 413 g/mol. The first kappa shape index (κ1) is 18.8. The number of ether oxygens (including phenoxy) is 1. The summed E-state index contributed by atoms with van der Waals surface area (Å²) in [7, 11) is 0. The van der Waals surface area contributed by atoms with E-state index in [9.17, 15) is 9.59 Å². The molecule has 1 unspecified atom stereocenters.